The number of hydrogen-bond donors (Lipinski definition) is 1. The van der Waals surface area contributed by atoms with Gasteiger partial charge in [0.15, 0.2) is 5.65 Å². The molecule has 0 aliphatic rings. The van der Waals surface area contributed by atoms with Crippen molar-refractivity contribution in [2.45, 2.75) is 23.4 Å². The molecule has 1 N–H and O–H groups in total. The predicted octanol–water partition coefficient (Wildman–Crippen LogP) is 3.64. The molecule has 0 unspecified atom stereocenters. The molecule has 0 radical (unpaired) electrons. The molecule has 4 rings (SSSR count). The van der Waals surface area contributed by atoms with Gasteiger partial charge in [-0.15, -0.1) is 5.10 Å². The quantitative estimate of drug-likeness (QED) is 0.528. The van der Waals surface area contributed by atoms with Gasteiger partial charge in [-0.25, -0.2) is 18.9 Å². The number of benzene rings is 2. The maximum Gasteiger partial charge on any atom is 0.350 e. The van der Waals surface area contributed by atoms with Crippen LogP contribution in [0.4, 0.5) is 5.69 Å². The zero-order valence-electron chi connectivity index (χ0n) is 15.4. The number of nitrogens with zero attached hydrogens (tertiary/aromatic N) is 4. The molecule has 4 aromatic rings. The average Bonchev–Trinajstić information content (AvgIpc) is 3.00. The summed E-state index contributed by atoms with van der Waals surface area (Å²) >= 11 is 7.34. The highest BCUT2D eigenvalue weighted by molar-refractivity contribution is 7.99. The fourth-order valence-electron chi connectivity index (χ4n) is 2.72. The van der Waals surface area contributed by atoms with Gasteiger partial charge in [0.25, 0.3) is 0 Å². The lowest BCUT2D eigenvalue weighted by Crippen LogP contribution is -2.28. The molecule has 0 aliphatic carbocycles. The van der Waals surface area contributed by atoms with E-state index >= 15 is 0 Å². The van der Waals surface area contributed by atoms with Crippen LogP contribution in [0.5, 0.6) is 0 Å². The van der Waals surface area contributed by atoms with Crippen molar-refractivity contribution in [2.75, 3.05) is 5.32 Å². The smallest absolute Gasteiger partial charge is 0.324 e. The Morgan fingerprint density at radius 3 is 2.76 bits per heavy atom. The van der Waals surface area contributed by atoms with Gasteiger partial charge in [-0.2, -0.15) is 0 Å². The number of nitrogens with one attached hydrogen (secondary N) is 1. The van der Waals surface area contributed by atoms with Gasteiger partial charge in [-0.3, -0.25) is 4.79 Å². The minimum Gasteiger partial charge on any atom is -0.324 e. The minimum atomic E-state index is -0.408. The normalized spacial score (nSPS) is 11.0. The van der Waals surface area contributed by atoms with E-state index in [0.29, 0.717) is 21.4 Å². The molecule has 2 aromatic carbocycles. The molecule has 2 heterocycles. The second-order valence-electron chi connectivity index (χ2n) is 6.34. The molecule has 7 nitrogen and oxygen atoms in total. The van der Waals surface area contributed by atoms with Crippen LogP contribution in [0.15, 0.2) is 75.6 Å². The second-order valence-corrected chi connectivity index (χ2v) is 7.84. The summed E-state index contributed by atoms with van der Waals surface area (Å²) in [4.78, 5) is 30.3. The molecular formula is C20H16ClN5O2S. The molecule has 1 amide bonds. The predicted molar refractivity (Wildman–Crippen MR) is 113 cm³/mol. The number of anilines is 1. The van der Waals surface area contributed by atoms with Gasteiger partial charge in [0, 0.05) is 28.0 Å². The first-order chi connectivity index (χ1) is 14.0. The van der Waals surface area contributed by atoms with Crippen molar-refractivity contribution in [3.63, 3.8) is 0 Å². The lowest BCUT2D eigenvalue weighted by atomic mass is 10.2. The van der Waals surface area contributed by atoms with Gasteiger partial charge in [0.05, 0.1) is 0 Å². The summed E-state index contributed by atoms with van der Waals surface area (Å²) in [5.74, 6) is -0.376. The molecule has 0 saturated heterocycles. The van der Waals surface area contributed by atoms with Crippen molar-refractivity contribution >= 4 is 40.6 Å². The van der Waals surface area contributed by atoms with Gasteiger partial charge in [0.2, 0.25) is 5.91 Å². The van der Waals surface area contributed by atoms with Crippen molar-refractivity contribution in [1.82, 2.24) is 19.2 Å². The Labute approximate surface area is 175 Å². The lowest BCUT2D eigenvalue weighted by Gasteiger charge is -2.04. The lowest BCUT2D eigenvalue weighted by molar-refractivity contribution is -0.117. The van der Waals surface area contributed by atoms with Crippen LogP contribution in [-0.2, 0) is 11.3 Å². The second kappa shape index (κ2) is 8.10. The van der Waals surface area contributed by atoms with Gasteiger partial charge >= 0.3 is 5.69 Å². The first-order valence-corrected chi connectivity index (χ1v) is 9.93. The maximum absolute atomic E-state index is 12.6. The molecule has 0 bridgehead atoms. The molecule has 29 heavy (non-hydrogen) atoms. The van der Waals surface area contributed by atoms with Gasteiger partial charge in [-0.05, 0) is 37.3 Å². The third-order valence-electron chi connectivity index (χ3n) is 4.11. The van der Waals surface area contributed by atoms with Crippen LogP contribution in [0.3, 0.4) is 0 Å². The first kappa shape index (κ1) is 19.2. The van der Waals surface area contributed by atoms with E-state index in [9.17, 15) is 9.59 Å². The van der Waals surface area contributed by atoms with E-state index in [0.717, 1.165) is 15.1 Å². The molecule has 146 valence electrons. The molecule has 0 aliphatic heterocycles. The molecule has 0 fully saturated rings. The third kappa shape index (κ3) is 4.33. The maximum atomic E-state index is 12.6. The third-order valence-corrected chi connectivity index (χ3v) is 5.33. The number of aryl methyl sites for hydroxylation is 1. The number of aromatic nitrogens is 4. The highest BCUT2D eigenvalue weighted by Gasteiger charge is 2.15. The van der Waals surface area contributed by atoms with E-state index in [-0.39, 0.29) is 12.5 Å². The number of halogens is 1. The number of rotatable bonds is 5. The van der Waals surface area contributed by atoms with E-state index in [4.69, 9.17) is 11.6 Å². The zero-order valence-corrected chi connectivity index (χ0v) is 16.9. The van der Waals surface area contributed by atoms with Gasteiger partial charge in [0.1, 0.15) is 11.6 Å². The summed E-state index contributed by atoms with van der Waals surface area (Å²) in [5, 5.41) is 8.13. The van der Waals surface area contributed by atoms with E-state index in [1.807, 2.05) is 31.2 Å². The molecule has 0 saturated carbocycles. The SMILES string of the molecule is Cc1ccc(Sc2nccn3c(=O)n(CC(=O)Nc4cccc(Cl)c4)nc23)cc1. The summed E-state index contributed by atoms with van der Waals surface area (Å²) in [6.07, 6.45) is 3.08. The van der Waals surface area contributed by atoms with Crippen molar-refractivity contribution in [2.24, 2.45) is 0 Å². The molecular weight excluding hydrogens is 410 g/mol. The zero-order chi connectivity index (χ0) is 20.4. The van der Waals surface area contributed by atoms with Crippen LogP contribution in [0.25, 0.3) is 5.65 Å². The van der Waals surface area contributed by atoms with Crippen molar-refractivity contribution in [3.8, 4) is 0 Å². The average molecular weight is 426 g/mol. The Kier molecular flexibility index (Phi) is 5.37. The Balaban J connectivity index is 1.59. The van der Waals surface area contributed by atoms with Gasteiger partial charge < -0.3 is 5.32 Å². The Hall–Kier alpha value is -3.10. The van der Waals surface area contributed by atoms with Crippen LogP contribution in [0.2, 0.25) is 5.02 Å². The highest BCUT2D eigenvalue weighted by Crippen LogP contribution is 2.28. The van der Waals surface area contributed by atoms with E-state index in [2.05, 4.69) is 15.4 Å². The molecule has 0 atom stereocenters. The van der Waals surface area contributed by atoms with E-state index in [1.54, 1.807) is 30.5 Å². The number of carbonyl (C=O) groups is 1. The fraction of sp³-hybridized carbons (Fsp3) is 0.100. The van der Waals surface area contributed by atoms with Crippen molar-refractivity contribution in [1.29, 1.82) is 0 Å². The van der Waals surface area contributed by atoms with Crippen LogP contribution in [0.1, 0.15) is 5.56 Å². The summed E-state index contributed by atoms with van der Waals surface area (Å²) in [7, 11) is 0. The number of fused-ring (bicyclic) bond motifs is 1. The van der Waals surface area contributed by atoms with E-state index < -0.39 is 5.69 Å². The highest BCUT2D eigenvalue weighted by atomic mass is 35.5. The minimum absolute atomic E-state index is 0.221. The fourth-order valence-corrected chi connectivity index (χ4v) is 3.75. The van der Waals surface area contributed by atoms with Crippen molar-refractivity contribution in [3.05, 3.63) is 82.0 Å². The van der Waals surface area contributed by atoms with Crippen LogP contribution in [0, 0.1) is 6.92 Å². The van der Waals surface area contributed by atoms with Crippen LogP contribution < -0.4 is 11.0 Å². The van der Waals surface area contributed by atoms with Crippen LogP contribution >= 0.6 is 23.4 Å². The van der Waals surface area contributed by atoms with Crippen molar-refractivity contribution < 1.29 is 4.79 Å². The number of carbonyl (C=O) groups excluding carboxylic acids is 1. The summed E-state index contributed by atoms with van der Waals surface area (Å²) < 4.78 is 2.51. The van der Waals surface area contributed by atoms with E-state index in [1.165, 1.54) is 22.4 Å². The standard InChI is InChI=1S/C20H16ClN5O2S/c1-13-5-7-16(8-6-13)29-19-18-24-26(20(28)25(18)10-9-22-19)12-17(27)23-15-4-2-3-14(21)11-15/h2-11H,12H2,1H3,(H,23,27). The Morgan fingerprint density at radius 2 is 2.00 bits per heavy atom. The first-order valence-electron chi connectivity index (χ1n) is 8.74. The Morgan fingerprint density at radius 1 is 1.21 bits per heavy atom. The summed E-state index contributed by atoms with van der Waals surface area (Å²) in [5.41, 5.74) is 1.70. The number of hydrogen-bond acceptors (Lipinski definition) is 5. The van der Waals surface area contributed by atoms with Gasteiger partial charge in [-0.1, -0.05) is 47.1 Å². The summed E-state index contributed by atoms with van der Waals surface area (Å²) in [6.45, 7) is 1.80. The molecule has 9 heteroatoms. The topological polar surface area (TPSA) is 81.3 Å². The number of amides is 1. The largest absolute Gasteiger partial charge is 0.350 e. The monoisotopic (exact) mass is 425 g/mol. The summed E-state index contributed by atoms with van der Waals surface area (Å²) in [6, 6.07) is 14.8. The van der Waals surface area contributed by atoms with Crippen LogP contribution in [-0.4, -0.2) is 25.1 Å². The molecule has 0 spiro atoms. The Bertz CT molecular complexity index is 1250. The molecule has 2 aromatic heterocycles.